The number of amides is 3. The van der Waals surface area contributed by atoms with Crippen LogP contribution < -0.4 is 9.64 Å². The lowest BCUT2D eigenvalue weighted by atomic mass is 10.1. The summed E-state index contributed by atoms with van der Waals surface area (Å²) < 4.78 is 5.09. The van der Waals surface area contributed by atoms with Crippen LogP contribution in [0.4, 0.5) is 10.5 Å². The van der Waals surface area contributed by atoms with Crippen LogP contribution in [0.3, 0.4) is 0 Å². The van der Waals surface area contributed by atoms with Crippen LogP contribution >= 0.6 is 11.6 Å². The monoisotopic (exact) mass is 321 g/mol. The summed E-state index contributed by atoms with van der Waals surface area (Å²) in [6.45, 7) is 0.317. The topological polar surface area (TPSA) is 93.9 Å². The van der Waals surface area contributed by atoms with Crippen molar-refractivity contribution in [1.29, 1.82) is 5.26 Å². The molecule has 0 spiro atoms. The average Bonchev–Trinajstić information content (AvgIpc) is 3.00. The van der Waals surface area contributed by atoms with Gasteiger partial charge in [0.05, 0.1) is 24.5 Å². The molecule has 1 N–H and O–H groups in total. The van der Waals surface area contributed by atoms with E-state index in [9.17, 15) is 14.7 Å². The number of rotatable bonds is 2. The van der Waals surface area contributed by atoms with E-state index in [1.54, 1.807) is 0 Å². The minimum Gasteiger partial charge on any atom is -0.494 e. The van der Waals surface area contributed by atoms with Crippen molar-refractivity contribution >= 4 is 29.2 Å². The Hall–Kier alpha value is -2.30. The van der Waals surface area contributed by atoms with Gasteiger partial charge in [-0.1, -0.05) is 11.6 Å². The number of anilines is 1. The molecule has 22 heavy (non-hydrogen) atoms. The van der Waals surface area contributed by atoms with Crippen molar-refractivity contribution in [1.82, 2.24) is 4.90 Å². The summed E-state index contributed by atoms with van der Waals surface area (Å²) in [5.74, 6) is -0.418. The van der Waals surface area contributed by atoms with E-state index in [-0.39, 0.29) is 22.0 Å². The van der Waals surface area contributed by atoms with Gasteiger partial charge >= 0.3 is 6.03 Å². The van der Waals surface area contributed by atoms with Crippen molar-refractivity contribution in [2.75, 3.05) is 18.6 Å². The molecule has 2 aliphatic heterocycles. The molecule has 0 aromatic heterocycles. The van der Waals surface area contributed by atoms with E-state index < -0.39 is 24.1 Å². The lowest BCUT2D eigenvalue weighted by Crippen LogP contribution is -2.36. The maximum atomic E-state index is 12.5. The zero-order valence-electron chi connectivity index (χ0n) is 11.6. The number of carbonyl (C=O) groups is 2. The molecule has 114 valence electrons. The predicted molar refractivity (Wildman–Crippen MR) is 76.7 cm³/mol. The van der Waals surface area contributed by atoms with E-state index >= 15 is 0 Å². The van der Waals surface area contributed by atoms with Crippen molar-refractivity contribution < 1.29 is 19.4 Å². The third-order valence-electron chi connectivity index (χ3n) is 3.92. The largest absolute Gasteiger partial charge is 0.494 e. The average molecular weight is 322 g/mol. The second-order valence-corrected chi connectivity index (χ2v) is 5.42. The van der Waals surface area contributed by atoms with E-state index in [1.165, 1.54) is 24.1 Å². The van der Waals surface area contributed by atoms with Gasteiger partial charge in [0.25, 0.3) is 5.91 Å². The fourth-order valence-electron chi connectivity index (χ4n) is 2.87. The van der Waals surface area contributed by atoms with Crippen molar-refractivity contribution in [2.24, 2.45) is 0 Å². The quantitative estimate of drug-likeness (QED) is 0.824. The molecule has 1 aromatic rings. The molecule has 0 saturated carbocycles. The number of urea groups is 1. The van der Waals surface area contributed by atoms with Gasteiger partial charge in [-0.05, 0) is 18.6 Å². The Kier molecular flexibility index (Phi) is 3.43. The molecule has 2 heterocycles. The molecule has 2 saturated heterocycles. The zero-order chi connectivity index (χ0) is 16.0. The number of benzene rings is 1. The third-order valence-corrected chi connectivity index (χ3v) is 4.28. The number of fused-ring (bicyclic) bond motifs is 1. The maximum Gasteiger partial charge on any atom is 0.332 e. The summed E-state index contributed by atoms with van der Waals surface area (Å²) in [4.78, 5) is 27.1. The Morgan fingerprint density at radius 3 is 2.77 bits per heavy atom. The van der Waals surface area contributed by atoms with Crippen LogP contribution in [0.2, 0.25) is 5.02 Å². The van der Waals surface area contributed by atoms with Crippen LogP contribution in [-0.2, 0) is 4.79 Å². The fourth-order valence-corrected chi connectivity index (χ4v) is 3.20. The van der Waals surface area contributed by atoms with Gasteiger partial charge in [-0.15, -0.1) is 0 Å². The number of methoxy groups -OCH3 is 1. The predicted octanol–water partition coefficient (Wildman–Crippen LogP) is 1.12. The number of aliphatic hydroxyl groups excluding tert-OH is 1. The number of hydrogen-bond donors (Lipinski definition) is 1. The van der Waals surface area contributed by atoms with E-state index in [4.69, 9.17) is 21.6 Å². The number of aliphatic hydroxyl groups is 1. The van der Waals surface area contributed by atoms with E-state index in [2.05, 4.69) is 0 Å². The number of nitrogens with zero attached hydrogens (tertiary/aromatic N) is 3. The van der Waals surface area contributed by atoms with Gasteiger partial charge < -0.3 is 14.7 Å². The van der Waals surface area contributed by atoms with Crippen LogP contribution in [0.25, 0.3) is 0 Å². The summed E-state index contributed by atoms with van der Waals surface area (Å²) in [5.41, 5.74) is 0.352. The number of nitriles is 1. The first-order valence-electron chi connectivity index (χ1n) is 6.60. The molecule has 7 nitrogen and oxygen atoms in total. The Bertz CT molecular complexity index is 715. The molecular weight excluding hydrogens is 310 g/mol. The highest BCUT2D eigenvalue weighted by Crippen LogP contribution is 2.40. The summed E-state index contributed by atoms with van der Waals surface area (Å²) >= 11 is 6.19. The van der Waals surface area contributed by atoms with Gasteiger partial charge in [0.15, 0.2) is 5.75 Å². The Morgan fingerprint density at radius 1 is 1.45 bits per heavy atom. The minimum atomic E-state index is -0.875. The molecular formula is C14H12ClN3O4. The van der Waals surface area contributed by atoms with Crippen LogP contribution in [0.1, 0.15) is 12.0 Å². The second kappa shape index (κ2) is 5.16. The summed E-state index contributed by atoms with van der Waals surface area (Å²) in [6.07, 6.45) is -0.499. The number of carbonyl (C=O) groups excluding carboxylic acids is 2. The van der Waals surface area contributed by atoms with E-state index in [0.29, 0.717) is 13.0 Å². The summed E-state index contributed by atoms with van der Waals surface area (Å²) in [7, 11) is 1.35. The van der Waals surface area contributed by atoms with Crippen molar-refractivity contribution in [3.63, 3.8) is 0 Å². The molecule has 2 fully saturated rings. The molecule has 0 unspecified atom stereocenters. The summed E-state index contributed by atoms with van der Waals surface area (Å²) in [5, 5.41) is 18.9. The second-order valence-electron chi connectivity index (χ2n) is 5.04. The first kappa shape index (κ1) is 14.6. The molecule has 3 rings (SSSR count). The molecule has 0 aliphatic carbocycles. The fraction of sp³-hybridized carbons (Fsp3) is 0.357. The van der Waals surface area contributed by atoms with Crippen molar-refractivity contribution in [3.8, 4) is 11.8 Å². The summed E-state index contributed by atoms with van der Waals surface area (Å²) in [6, 6.07) is 3.38. The van der Waals surface area contributed by atoms with Crippen LogP contribution in [0.5, 0.6) is 5.75 Å². The minimum absolute atomic E-state index is 0.0129. The lowest BCUT2D eigenvalue weighted by molar-refractivity contribution is -0.121. The highest BCUT2D eigenvalue weighted by molar-refractivity contribution is 6.37. The SMILES string of the molecule is COc1c(C#N)ccc(N2C(=O)[C@@H]3[C@H](O)CCN3C2=O)c1Cl. The van der Waals surface area contributed by atoms with Gasteiger partial charge in [0.2, 0.25) is 0 Å². The van der Waals surface area contributed by atoms with E-state index in [1.807, 2.05) is 6.07 Å². The highest BCUT2D eigenvalue weighted by atomic mass is 35.5. The molecule has 3 amide bonds. The van der Waals surface area contributed by atoms with Gasteiger partial charge in [-0.3, -0.25) is 4.79 Å². The molecule has 0 radical (unpaired) electrons. The Balaban J connectivity index is 2.08. The van der Waals surface area contributed by atoms with Crippen molar-refractivity contribution in [3.05, 3.63) is 22.7 Å². The molecule has 2 atom stereocenters. The molecule has 0 bridgehead atoms. The van der Waals surface area contributed by atoms with Crippen LogP contribution in [0.15, 0.2) is 12.1 Å². The van der Waals surface area contributed by atoms with Gasteiger partial charge in [0.1, 0.15) is 17.1 Å². The van der Waals surface area contributed by atoms with Crippen LogP contribution in [-0.4, -0.2) is 47.7 Å². The molecule has 8 heteroatoms. The standard InChI is InChI=1S/C14H12ClN3O4/c1-22-12-7(6-16)2-3-8(10(12)15)18-13(20)11-9(19)4-5-17(11)14(18)21/h2-3,9,11,19H,4-5H2,1H3/t9-,11+/m1/s1. The highest BCUT2D eigenvalue weighted by Gasteiger charge is 2.53. The van der Waals surface area contributed by atoms with E-state index in [0.717, 1.165) is 4.90 Å². The Labute approximate surface area is 131 Å². The third kappa shape index (κ3) is 1.85. The molecule has 1 aromatic carbocycles. The number of halogens is 1. The smallest absolute Gasteiger partial charge is 0.332 e. The van der Waals surface area contributed by atoms with Gasteiger partial charge in [-0.2, -0.15) is 5.26 Å². The van der Waals surface area contributed by atoms with Gasteiger partial charge in [-0.25, -0.2) is 9.69 Å². The number of hydrogen-bond acceptors (Lipinski definition) is 5. The first-order valence-corrected chi connectivity index (χ1v) is 6.98. The van der Waals surface area contributed by atoms with Crippen LogP contribution in [0, 0.1) is 11.3 Å². The normalized spacial score (nSPS) is 23.7. The number of imide groups is 1. The van der Waals surface area contributed by atoms with Gasteiger partial charge in [0, 0.05) is 6.54 Å². The molecule has 2 aliphatic rings. The zero-order valence-corrected chi connectivity index (χ0v) is 12.4. The first-order chi connectivity index (χ1) is 10.5. The van der Waals surface area contributed by atoms with Crippen molar-refractivity contribution in [2.45, 2.75) is 18.6 Å². The number of ether oxygens (including phenoxy) is 1. The maximum absolute atomic E-state index is 12.5. The Morgan fingerprint density at radius 2 is 2.18 bits per heavy atom. The lowest BCUT2D eigenvalue weighted by Gasteiger charge is -2.18.